The van der Waals surface area contributed by atoms with Crippen LogP contribution in [-0.2, 0) is 4.79 Å². The van der Waals surface area contributed by atoms with Crippen molar-refractivity contribution in [3.63, 3.8) is 0 Å². The number of nitrogens with two attached hydrogens (primary N) is 1. The molecule has 0 aliphatic heterocycles. The average molecular weight is 210 g/mol. The van der Waals surface area contributed by atoms with Gasteiger partial charge in [-0.1, -0.05) is 19.3 Å². The quantitative estimate of drug-likeness (QED) is 0.737. The van der Waals surface area contributed by atoms with E-state index < -0.39 is 0 Å². The summed E-state index contributed by atoms with van der Waals surface area (Å²) in [6.45, 7) is 1.52. The van der Waals surface area contributed by atoms with E-state index in [2.05, 4.69) is 5.32 Å². The van der Waals surface area contributed by atoms with Crippen LogP contribution in [-0.4, -0.2) is 19.0 Å². The second-order valence-corrected chi connectivity index (χ2v) is 5.26. The third-order valence-corrected chi connectivity index (χ3v) is 3.93. The molecule has 1 amide bonds. The molecule has 2 saturated carbocycles. The van der Waals surface area contributed by atoms with Crippen LogP contribution in [0.5, 0.6) is 0 Å². The number of carbonyl (C=O) groups is 1. The van der Waals surface area contributed by atoms with Gasteiger partial charge in [-0.05, 0) is 37.6 Å². The van der Waals surface area contributed by atoms with Crippen molar-refractivity contribution in [3.8, 4) is 0 Å². The molecule has 2 aliphatic carbocycles. The Morgan fingerprint density at radius 2 is 1.93 bits per heavy atom. The summed E-state index contributed by atoms with van der Waals surface area (Å²) < 4.78 is 0. The van der Waals surface area contributed by atoms with E-state index in [1.54, 1.807) is 0 Å². The van der Waals surface area contributed by atoms with Crippen LogP contribution < -0.4 is 11.1 Å². The van der Waals surface area contributed by atoms with E-state index in [0.717, 1.165) is 25.9 Å². The fourth-order valence-corrected chi connectivity index (χ4v) is 2.52. The first-order valence-electron chi connectivity index (χ1n) is 6.24. The van der Waals surface area contributed by atoms with Crippen molar-refractivity contribution in [3.05, 3.63) is 0 Å². The lowest BCUT2D eigenvalue weighted by Crippen LogP contribution is -2.44. The lowest BCUT2D eigenvalue weighted by atomic mass is 9.74. The van der Waals surface area contributed by atoms with Crippen molar-refractivity contribution >= 4 is 5.91 Å². The largest absolute Gasteiger partial charge is 0.355 e. The molecule has 0 aromatic heterocycles. The molecule has 15 heavy (non-hydrogen) atoms. The van der Waals surface area contributed by atoms with Gasteiger partial charge in [-0.15, -0.1) is 0 Å². The summed E-state index contributed by atoms with van der Waals surface area (Å²) in [5.41, 5.74) is 6.08. The fourth-order valence-electron chi connectivity index (χ4n) is 2.52. The van der Waals surface area contributed by atoms with Gasteiger partial charge in [-0.25, -0.2) is 0 Å². The number of hydrogen-bond acceptors (Lipinski definition) is 2. The monoisotopic (exact) mass is 210 g/mol. The van der Waals surface area contributed by atoms with Crippen LogP contribution in [0.1, 0.15) is 44.9 Å². The highest BCUT2D eigenvalue weighted by atomic mass is 16.2. The molecule has 0 heterocycles. The Labute approximate surface area is 91.8 Å². The first kappa shape index (κ1) is 10.9. The van der Waals surface area contributed by atoms with E-state index in [1.807, 2.05) is 0 Å². The zero-order chi connectivity index (χ0) is 10.7. The molecule has 0 unspecified atom stereocenters. The third kappa shape index (κ3) is 2.71. The number of hydrogen-bond donors (Lipinski definition) is 2. The Kier molecular flexibility index (Phi) is 3.29. The van der Waals surface area contributed by atoms with Crippen molar-refractivity contribution in [2.24, 2.45) is 17.1 Å². The van der Waals surface area contributed by atoms with E-state index in [4.69, 9.17) is 5.73 Å². The van der Waals surface area contributed by atoms with Gasteiger partial charge in [0.1, 0.15) is 0 Å². The topological polar surface area (TPSA) is 55.1 Å². The van der Waals surface area contributed by atoms with Crippen molar-refractivity contribution in [2.75, 3.05) is 13.1 Å². The molecule has 0 radical (unpaired) electrons. The van der Waals surface area contributed by atoms with Crippen LogP contribution in [0.3, 0.4) is 0 Å². The first-order valence-corrected chi connectivity index (χ1v) is 6.24. The Balaban J connectivity index is 1.80. The van der Waals surface area contributed by atoms with Crippen molar-refractivity contribution in [2.45, 2.75) is 44.9 Å². The van der Waals surface area contributed by atoms with Gasteiger partial charge in [0.15, 0.2) is 0 Å². The Bertz CT molecular complexity index is 230. The molecular weight excluding hydrogens is 188 g/mol. The molecule has 3 nitrogen and oxygen atoms in total. The van der Waals surface area contributed by atoms with E-state index in [0.29, 0.717) is 5.92 Å². The number of rotatable bonds is 4. The van der Waals surface area contributed by atoms with Crippen LogP contribution in [0.4, 0.5) is 0 Å². The van der Waals surface area contributed by atoms with Gasteiger partial charge in [-0.2, -0.15) is 0 Å². The average Bonchev–Trinajstić information content (AvgIpc) is 3.11. The summed E-state index contributed by atoms with van der Waals surface area (Å²) in [5.74, 6) is 0.580. The zero-order valence-electron chi connectivity index (χ0n) is 9.43. The van der Waals surface area contributed by atoms with E-state index in [9.17, 15) is 4.79 Å². The molecule has 86 valence electrons. The van der Waals surface area contributed by atoms with Crippen LogP contribution in [0.25, 0.3) is 0 Å². The molecule has 0 atom stereocenters. The molecule has 3 heteroatoms. The minimum absolute atomic E-state index is 0.211. The molecule has 0 saturated heterocycles. The highest BCUT2D eigenvalue weighted by molar-refractivity contribution is 5.80. The highest BCUT2D eigenvalue weighted by Gasteiger charge is 2.34. The number of nitrogens with one attached hydrogen (secondary N) is 1. The molecule has 0 aromatic carbocycles. The fraction of sp³-hybridized carbons (Fsp3) is 0.917. The van der Waals surface area contributed by atoms with Crippen LogP contribution >= 0.6 is 0 Å². The molecule has 0 spiro atoms. The van der Waals surface area contributed by atoms with Gasteiger partial charge in [0, 0.05) is 12.5 Å². The predicted molar refractivity (Wildman–Crippen MR) is 60.3 cm³/mol. The van der Waals surface area contributed by atoms with Crippen LogP contribution in [0.2, 0.25) is 0 Å². The summed E-state index contributed by atoms with van der Waals surface area (Å²) in [5, 5.41) is 3.09. The molecule has 0 aromatic rings. The van der Waals surface area contributed by atoms with Crippen molar-refractivity contribution < 1.29 is 4.79 Å². The second kappa shape index (κ2) is 4.52. The second-order valence-electron chi connectivity index (χ2n) is 5.26. The molecule has 2 rings (SSSR count). The van der Waals surface area contributed by atoms with E-state index >= 15 is 0 Å². The standard InChI is InChI=1S/C12H22N2O/c13-8-12(6-2-1-3-7-12)9-14-11(15)10-4-5-10/h10H,1-9,13H2,(H,14,15). The van der Waals surface area contributed by atoms with Crippen molar-refractivity contribution in [1.29, 1.82) is 0 Å². The normalized spacial score (nSPS) is 24.9. The smallest absolute Gasteiger partial charge is 0.223 e. The van der Waals surface area contributed by atoms with Gasteiger partial charge in [0.05, 0.1) is 0 Å². The van der Waals surface area contributed by atoms with E-state index in [-0.39, 0.29) is 11.3 Å². The third-order valence-electron chi connectivity index (χ3n) is 3.93. The molecular formula is C12H22N2O. The predicted octanol–water partition coefficient (Wildman–Crippen LogP) is 1.42. The van der Waals surface area contributed by atoms with Gasteiger partial charge >= 0.3 is 0 Å². The van der Waals surface area contributed by atoms with Gasteiger partial charge in [0.2, 0.25) is 5.91 Å². The SMILES string of the molecule is NCC1(CNC(=O)C2CC2)CCCCC1. The van der Waals surface area contributed by atoms with Gasteiger partial charge in [-0.3, -0.25) is 4.79 Å². The first-order chi connectivity index (χ1) is 7.26. The number of amides is 1. The summed E-state index contributed by atoms with van der Waals surface area (Å²) in [7, 11) is 0. The Hall–Kier alpha value is -0.570. The molecule has 2 fully saturated rings. The maximum Gasteiger partial charge on any atom is 0.223 e. The van der Waals surface area contributed by atoms with Crippen molar-refractivity contribution in [1.82, 2.24) is 5.32 Å². The Morgan fingerprint density at radius 1 is 1.27 bits per heavy atom. The molecule has 0 bridgehead atoms. The molecule has 3 N–H and O–H groups in total. The highest BCUT2D eigenvalue weighted by Crippen LogP contribution is 2.35. The van der Waals surface area contributed by atoms with Crippen LogP contribution in [0.15, 0.2) is 0 Å². The van der Waals surface area contributed by atoms with Crippen LogP contribution in [0, 0.1) is 11.3 Å². The minimum Gasteiger partial charge on any atom is -0.355 e. The van der Waals surface area contributed by atoms with E-state index in [1.165, 1.54) is 32.1 Å². The Morgan fingerprint density at radius 3 is 2.47 bits per heavy atom. The maximum absolute atomic E-state index is 11.6. The maximum atomic E-state index is 11.6. The minimum atomic E-state index is 0.211. The lowest BCUT2D eigenvalue weighted by molar-refractivity contribution is -0.122. The summed E-state index contributed by atoms with van der Waals surface area (Å²) >= 11 is 0. The lowest BCUT2D eigenvalue weighted by Gasteiger charge is -2.36. The summed E-state index contributed by atoms with van der Waals surface area (Å²) in [6.07, 6.45) is 8.43. The van der Waals surface area contributed by atoms with Gasteiger partial charge in [0.25, 0.3) is 0 Å². The zero-order valence-corrected chi connectivity index (χ0v) is 9.43. The summed E-state index contributed by atoms with van der Waals surface area (Å²) in [6, 6.07) is 0. The van der Waals surface area contributed by atoms with Gasteiger partial charge < -0.3 is 11.1 Å². The summed E-state index contributed by atoms with van der Waals surface area (Å²) in [4.78, 5) is 11.6. The molecule has 2 aliphatic rings. The number of carbonyl (C=O) groups excluding carboxylic acids is 1.